The quantitative estimate of drug-likeness (QED) is 0.763. The number of nitrogen functional groups attached to an aromatic ring is 1. The Labute approximate surface area is 98.7 Å². The fourth-order valence-corrected chi connectivity index (χ4v) is 2.04. The van der Waals surface area contributed by atoms with Gasteiger partial charge in [0.1, 0.15) is 10.7 Å². The van der Waals surface area contributed by atoms with E-state index in [-0.39, 0.29) is 18.3 Å². The van der Waals surface area contributed by atoms with Gasteiger partial charge in [-0.15, -0.1) is 6.42 Å². The normalized spacial score (nSPS) is 9.56. The molecule has 0 spiro atoms. The Bertz CT molecular complexity index is 421. The number of rotatable bonds is 4. The second kappa shape index (κ2) is 5.37. The van der Waals surface area contributed by atoms with Gasteiger partial charge in [0.25, 0.3) is 5.91 Å². The van der Waals surface area contributed by atoms with E-state index >= 15 is 0 Å². The minimum atomic E-state index is -0.197. The van der Waals surface area contributed by atoms with E-state index in [4.69, 9.17) is 12.2 Å². The van der Waals surface area contributed by atoms with Gasteiger partial charge in [-0.2, -0.15) is 0 Å². The van der Waals surface area contributed by atoms with Crippen molar-refractivity contribution in [3.63, 3.8) is 0 Å². The molecule has 0 aliphatic carbocycles. The predicted octanol–water partition coefficient (Wildman–Crippen LogP) is 0.862. The molecule has 0 saturated heterocycles. The van der Waals surface area contributed by atoms with Gasteiger partial charge in [-0.1, -0.05) is 17.3 Å². The molecule has 0 fully saturated rings. The molecule has 3 N–H and O–H groups in total. The van der Waals surface area contributed by atoms with Crippen LogP contribution in [0, 0.1) is 12.3 Å². The molecule has 0 radical (unpaired) electrons. The first-order valence-electron chi connectivity index (χ1n) is 4.79. The van der Waals surface area contributed by atoms with Crippen LogP contribution in [0.1, 0.15) is 16.6 Å². The van der Waals surface area contributed by atoms with Crippen molar-refractivity contribution in [3.8, 4) is 12.3 Å². The van der Waals surface area contributed by atoms with Gasteiger partial charge in [0.15, 0.2) is 5.13 Å². The first-order valence-corrected chi connectivity index (χ1v) is 5.60. The van der Waals surface area contributed by atoms with E-state index in [1.54, 1.807) is 7.05 Å². The van der Waals surface area contributed by atoms with Crippen LogP contribution in [0.15, 0.2) is 0 Å². The summed E-state index contributed by atoms with van der Waals surface area (Å²) in [7, 11) is 1.63. The molecule has 1 aromatic rings. The Morgan fingerprint density at radius 2 is 2.44 bits per heavy atom. The van der Waals surface area contributed by atoms with Gasteiger partial charge in [-0.3, -0.25) is 4.79 Å². The van der Waals surface area contributed by atoms with Crippen molar-refractivity contribution >= 4 is 28.2 Å². The van der Waals surface area contributed by atoms with Gasteiger partial charge in [-0.25, -0.2) is 4.98 Å². The van der Waals surface area contributed by atoms with Crippen LogP contribution in [0.3, 0.4) is 0 Å². The number of aromatic nitrogens is 1. The van der Waals surface area contributed by atoms with Crippen LogP contribution in [-0.2, 0) is 0 Å². The average Bonchev–Trinajstić information content (AvgIpc) is 2.59. The smallest absolute Gasteiger partial charge is 0.268 e. The zero-order valence-electron chi connectivity index (χ0n) is 9.28. The number of hydrogen-bond donors (Lipinski definition) is 2. The Morgan fingerprint density at radius 3 is 3.00 bits per heavy atom. The number of hydrogen-bond acceptors (Lipinski definition) is 5. The van der Waals surface area contributed by atoms with Crippen molar-refractivity contribution < 1.29 is 4.79 Å². The molecule has 0 bridgehead atoms. The molecule has 0 atom stereocenters. The molecule has 0 aliphatic heterocycles. The minimum absolute atomic E-state index is 0.197. The number of nitrogens with two attached hydrogens (primary N) is 1. The number of thiazole rings is 1. The summed E-state index contributed by atoms with van der Waals surface area (Å²) < 4.78 is 0. The molecule has 16 heavy (non-hydrogen) atoms. The molecular formula is C10H14N4OS. The van der Waals surface area contributed by atoms with Gasteiger partial charge < -0.3 is 16.0 Å². The molecule has 1 heterocycles. The summed E-state index contributed by atoms with van der Waals surface area (Å²) in [6.07, 6.45) is 5.14. The number of carbonyl (C=O) groups is 1. The third-order valence-corrected chi connectivity index (χ3v) is 2.87. The second-order valence-electron chi connectivity index (χ2n) is 3.13. The fraction of sp³-hybridized carbons (Fsp3) is 0.400. The highest BCUT2D eigenvalue weighted by atomic mass is 32.1. The van der Waals surface area contributed by atoms with Crippen LogP contribution in [-0.4, -0.2) is 35.9 Å². The molecule has 1 amide bonds. The number of anilines is 2. The van der Waals surface area contributed by atoms with Crippen LogP contribution in [0.25, 0.3) is 0 Å². The highest BCUT2D eigenvalue weighted by Crippen LogP contribution is 2.25. The van der Waals surface area contributed by atoms with Gasteiger partial charge in [0.2, 0.25) is 0 Å². The largest absolute Gasteiger partial charge is 0.382 e. The lowest BCUT2D eigenvalue weighted by Crippen LogP contribution is -2.26. The van der Waals surface area contributed by atoms with Crippen LogP contribution in [0.5, 0.6) is 0 Å². The molecular weight excluding hydrogens is 224 g/mol. The highest BCUT2D eigenvalue weighted by molar-refractivity contribution is 7.18. The first-order chi connectivity index (χ1) is 7.60. The predicted molar refractivity (Wildman–Crippen MR) is 66.5 cm³/mol. The lowest BCUT2D eigenvalue weighted by molar-refractivity contribution is 0.0818. The van der Waals surface area contributed by atoms with Gasteiger partial charge in [0.05, 0.1) is 6.54 Å². The molecule has 1 aromatic heterocycles. The third kappa shape index (κ3) is 2.64. The highest BCUT2D eigenvalue weighted by Gasteiger charge is 2.18. The van der Waals surface area contributed by atoms with E-state index in [1.165, 1.54) is 16.2 Å². The number of carbonyl (C=O) groups excluding carboxylic acids is 1. The Morgan fingerprint density at radius 1 is 1.75 bits per heavy atom. The van der Waals surface area contributed by atoms with E-state index < -0.39 is 0 Å². The van der Waals surface area contributed by atoms with Crippen molar-refractivity contribution in [3.05, 3.63) is 4.88 Å². The first kappa shape index (κ1) is 12.3. The summed E-state index contributed by atoms with van der Waals surface area (Å²) >= 11 is 1.24. The van der Waals surface area contributed by atoms with Gasteiger partial charge in [0, 0.05) is 13.6 Å². The fourth-order valence-electron chi connectivity index (χ4n) is 1.09. The van der Waals surface area contributed by atoms with Crippen molar-refractivity contribution in [2.75, 3.05) is 31.2 Å². The summed E-state index contributed by atoms with van der Waals surface area (Å²) in [6, 6.07) is 0. The van der Waals surface area contributed by atoms with Crippen LogP contribution in [0.2, 0.25) is 0 Å². The summed E-state index contributed by atoms with van der Waals surface area (Å²) in [6.45, 7) is 2.94. The van der Waals surface area contributed by atoms with Crippen LogP contribution < -0.4 is 11.1 Å². The molecule has 0 saturated carbocycles. The molecule has 5 nitrogen and oxygen atoms in total. The topological polar surface area (TPSA) is 71.2 Å². The van der Waals surface area contributed by atoms with E-state index in [2.05, 4.69) is 16.2 Å². The average molecular weight is 238 g/mol. The maximum absolute atomic E-state index is 11.9. The Hall–Kier alpha value is -1.74. The number of terminal acetylenes is 1. The van der Waals surface area contributed by atoms with E-state index in [1.807, 2.05) is 6.92 Å². The number of nitrogens with one attached hydrogen (secondary N) is 1. The van der Waals surface area contributed by atoms with Gasteiger partial charge >= 0.3 is 0 Å². The maximum Gasteiger partial charge on any atom is 0.268 e. The molecule has 1 rings (SSSR count). The van der Waals surface area contributed by atoms with Crippen molar-refractivity contribution in [1.82, 2.24) is 9.88 Å². The minimum Gasteiger partial charge on any atom is -0.382 e. The van der Waals surface area contributed by atoms with E-state index in [0.717, 1.165) is 6.54 Å². The summed E-state index contributed by atoms with van der Waals surface area (Å²) in [4.78, 5) is 17.8. The standard InChI is InChI=1S/C10H14N4OS/c1-4-6-14(3)9(15)7-8(11)13-10(16-7)12-5-2/h1H,5-6,11H2,2-3H3,(H,12,13). The number of amides is 1. The Kier molecular flexibility index (Phi) is 4.14. The van der Waals surface area contributed by atoms with Crippen LogP contribution in [0.4, 0.5) is 10.9 Å². The molecule has 86 valence electrons. The van der Waals surface area contributed by atoms with Gasteiger partial charge in [-0.05, 0) is 6.92 Å². The second-order valence-corrected chi connectivity index (χ2v) is 4.13. The molecule has 0 aliphatic rings. The summed E-state index contributed by atoms with van der Waals surface area (Å²) in [5, 5.41) is 3.66. The zero-order chi connectivity index (χ0) is 12.1. The molecule has 0 aromatic carbocycles. The SMILES string of the molecule is C#CCN(C)C(=O)c1sc(NCC)nc1N. The monoisotopic (exact) mass is 238 g/mol. The summed E-state index contributed by atoms with van der Waals surface area (Å²) in [5.41, 5.74) is 5.67. The summed E-state index contributed by atoms with van der Waals surface area (Å²) in [5.74, 6) is 2.45. The molecule has 6 heteroatoms. The lowest BCUT2D eigenvalue weighted by Gasteiger charge is -2.11. The van der Waals surface area contributed by atoms with Crippen LogP contribution >= 0.6 is 11.3 Å². The van der Waals surface area contributed by atoms with E-state index in [0.29, 0.717) is 10.0 Å². The third-order valence-electron chi connectivity index (χ3n) is 1.85. The van der Waals surface area contributed by atoms with E-state index in [9.17, 15) is 4.79 Å². The van der Waals surface area contributed by atoms with Crippen molar-refractivity contribution in [2.24, 2.45) is 0 Å². The maximum atomic E-state index is 11.9. The van der Waals surface area contributed by atoms with Crippen molar-refractivity contribution in [2.45, 2.75) is 6.92 Å². The van der Waals surface area contributed by atoms with Crippen molar-refractivity contribution in [1.29, 1.82) is 0 Å². The zero-order valence-corrected chi connectivity index (χ0v) is 10.1. The molecule has 0 unspecified atom stereocenters. The lowest BCUT2D eigenvalue weighted by atomic mass is 10.4. The number of nitrogens with zero attached hydrogens (tertiary/aromatic N) is 2. The Balaban J connectivity index is 2.87.